The predicted molar refractivity (Wildman–Crippen MR) is 96.2 cm³/mol. The summed E-state index contributed by atoms with van der Waals surface area (Å²) in [6.45, 7) is 8.95. The smallest absolute Gasteiger partial charge is 0.127 e. The number of ether oxygens (including phenoxy) is 1. The molecule has 0 radical (unpaired) electrons. The molecule has 3 heteroatoms. The zero-order chi connectivity index (χ0) is 15.9. The van der Waals surface area contributed by atoms with Crippen LogP contribution in [0, 0.1) is 12.8 Å². The minimum Gasteiger partial charge on any atom is -0.488 e. The van der Waals surface area contributed by atoms with Crippen molar-refractivity contribution in [1.82, 2.24) is 5.32 Å². The van der Waals surface area contributed by atoms with Crippen molar-refractivity contribution in [1.29, 1.82) is 0 Å². The first-order valence-corrected chi connectivity index (χ1v) is 8.52. The van der Waals surface area contributed by atoms with Gasteiger partial charge in [0.15, 0.2) is 0 Å². The molecule has 0 unspecified atom stereocenters. The molecule has 118 valence electrons. The molecule has 2 rings (SSSR count). The van der Waals surface area contributed by atoms with Gasteiger partial charge < -0.3 is 10.1 Å². The van der Waals surface area contributed by atoms with Crippen molar-refractivity contribution in [3.8, 4) is 5.75 Å². The third kappa shape index (κ3) is 5.15. The largest absolute Gasteiger partial charge is 0.488 e. The Morgan fingerprint density at radius 1 is 1.14 bits per heavy atom. The van der Waals surface area contributed by atoms with E-state index in [1.165, 1.54) is 11.1 Å². The monoisotopic (exact) mass is 361 g/mol. The average Bonchev–Trinajstić information content (AvgIpc) is 2.47. The molecule has 2 aromatic rings. The van der Waals surface area contributed by atoms with Crippen LogP contribution in [0.15, 0.2) is 46.9 Å². The lowest BCUT2D eigenvalue weighted by molar-refractivity contribution is 0.299. The van der Waals surface area contributed by atoms with Gasteiger partial charge in [-0.15, -0.1) is 0 Å². The third-order valence-electron chi connectivity index (χ3n) is 3.41. The Bertz CT molecular complexity index is 596. The van der Waals surface area contributed by atoms with Gasteiger partial charge in [0.2, 0.25) is 0 Å². The molecule has 0 spiro atoms. The molecule has 0 saturated heterocycles. The van der Waals surface area contributed by atoms with Crippen LogP contribution in [0.5, 0.6) is 5.75 Å². The Balaban J connectivity index is 2.10. The topological polar surface area (TPSA) is 21.3 Å². The number of aryl methyl sites for hydroxylation is 1. The fourth-order valence-corrected chi connectivity index (χ4v) is 2.98. The zero-order valence-corrected chi connectivity index (χ0v) is 15.1. The minimum absolute atomic E-state index is 0.598. The van der Waals surface area contributed by atoms with Crippen LogP contribution >= 0.6 is 15.9 Å². The maximum Gasteiger partial charge on any atom is 0.127 e. The molecule has 0 aromatic heterocycles. The van der Waals surface area contributed by atoms with E-state index in [-0.39, 0.29) is 0 Å². The molecule has 0 amide bonds. The Hall–Kier alpha value is -1.32. The van der Waals surface area contributed by atoms with Gasteiger partial charge in [-0.05, 0) is 42.6 Å². The van der Waals surface area contributed by atoms with Crippen LogP contribution in [-0.4, -0.2) is 6.54 Å². The van der Waals surface area contributed by atoms with E-state index in [0.717, 1.165) is 28.9 Å². The van der Waals surface area contributed by atoms with Crippen LogP contribution in [-0.2, 0) is 13.2 Å². The van der Waals surface area contributed by atoms with Crippen LogP contribution in [0.2, 0.25) is 0 Å². The lowest BCUT2D eigenvalue weighted by Crippen LogP contribution is -2.19. The summed E-state index contributed by atoms with van der Waals surface area (Å²) in [4.78, 5) is 0. The van der Waals surface area contributed by atoms with Crippen molar-refractivity contribution in [2.75, 3.05) is 6.54 Å². The second-order valence-corrected chi connectivity index (χ2v) is 6.93. The summed E-state index contributed by atoms with van der Waals surface area (Å²) in [5.74, 6) is 1.63. The van der Waals surface area contributed by atoms with E-state index in [9.17, 15) is 0 Å². The maximum atomic E-state index is 6.11. The second-order valence-electron chi connectivity index (χ2n) is 6.01. The molecule has 0 heterocycles. The quantitative estimate of drug-likeness (QED) is 0.742. The lowest BCUT2D eigenvalue weighted by Gasteiger charge is -2.16. The van der Waals surface area contributed by atoms with E-state index in [0.29, 0.717) is 12.5 Å². The Labute approximate surface area is 142 Å². The van der Waals surface area contributed by atoms with Crippen molar-refractivity contribution in [3.63, 3.8) is 0 Å². The van der Waals surface area contributed by atoms with Crippen LogP contribution in [0.4, 0.5) is 0 Å². The van der Waals surface area contributed by atoms with Gasteiger partial charge in [0.25, 0.3) is 0 Å². The number of hydrogen-bond acceptors (Lipinski definition) is 2. The predicted octanol–water partition coefficient (Wildman–Crippen LogP) is 5.08. The van der Waals surface area contributed by atoms with Crippen molar-refractivity contribution < 1.29 is 4.74 Å². The van der Waals surface area contributed by atoms with Gasteiger partial charge in [-0.2, -0.15) is 0 Å². The molecule has 0 aliphatic rings. The van der Waals surface area contributed by atoms with Gasteiger partial charge in [0.1, 0.15) is 12.4 Å². The molecular formula is C19H24BrNO. The molecule has 2 aromatic carbocycles. The van der Waals surface area contributed by atoms with Crippen LogP contribution in [0.1, 0.15) is 30.5 Å². The van der Waals surface area contributed by atoms with Gasteiger partial charge in [0.05, 0.1) is 0 Å². The second kappa shape index (κ2) is 8.35. The fraction of sp³-hybridized carbons (Fsp3) is 0.368. The molecular weight excluding hydrogens is 338 g/mol. The molecule has 22 heavy (non-hydrogen) atoms. The molecule has 2 nitrogen and oxygen atoms in total. The van der Waals surface area contributed by atoms with E-state index in [2.05, 4.69) is 66.3 Å². The molecule has 0 saturated carbocycles. The highest BCUT2D eigenvalue weighted by Crippen LogP contribution is 2.29. The minimum atomic E-state index is 0.598. The standard InChI is InChI=1S/C19H24BrNO/c1-14(2)11-21-12-17-10-18(20)9-15(3)19(17)22-13-16-7-5-4-6-8-16/h4-10,14,21H,11-13H2,1-3H3. The van der Waals surface area contributed by atoms with E-state index < -0.39 is 0 Å². The zero-order valence-electron chi connectivity index (χ0n) is 13.5. The van der Waals surface area contributed by atoms with E-state index in [1.807, 2.05) is 18.2 Å². The lowest BCUT2D eigenvalue weighted by atomic mass is 10.1. The highest BCUT2D eigenvalue weighted by atomic mass is 79.9. The van der Waals surface area contributed by atoms with Crippen molar-refractivity contribution in [2.24, 2.45) is 5.92 Å². The fourth-order valence-electron chi connectivity index (χ4n) is 2.36. The molecule has 0 atom stereocenters. The average molecular weight is 362 g/mol. The Morgan fingerprint density at radius 2 is 1.86 bits per heavy atom. The molecule has 0 aliphatic carbocycles. The van der Waals surface area contributed by atoms with Crippen LogP contribution in [0.25, 0.3) is 0 Å². The summed E-state index contributed by atoms with van der Waals surface area (Å²) in [6.07, 6.45) is 0. The molecule has 1 N–H and O–H groups in total. The highest BCUT2D eigenvalue weighted by Gasteiger charge is 2.09. The van der Waals surface area contributed by atoms with Crippen LogP contribution < -0.4 is 10.1 Å². The van der Waals surface area contributed by atoms with E-state index >= 15 is 0 Å². The summed E-state index contributed by atoms with van der Waals surface area (Å²) in [6, 6.07) is 14.5. The van der Waals surface area contributed by atoms with Crippen molar-refractivity contribution in [2.45, 2.75) is 33.9 Å². The number of nitrogens with one attached hydrogen (secondary N) is 1. The number of benzene rings is 2. The first kappa shape index (κ1) is 17.0. The molecule has 0 bridgehead atoms. The number of rotatable bonds is 7. The Kier molecular flexibility index (Phi) is 6.47. The van der Waals surface area contributed by atoms with Gasteiger partial charge in [-0.1, -0.05) is 60.1 Å². The Morgan fingerprint density at radius 3 is 2.55 bits per heavy atom. The van der Waals surface area contributed by atoms with Gasteiger partial charge in [-0.25, -0.2) is 0 Å². The summed E-state index contributed by atoms with van der Waals surface area (Å²) >= 11 is 3.58. The van der Waals surface area contributed by atoms with Crippen LogP contribution in [0.3, 0.4) is 0 Å². The van der Waals surface area contributed by atoms with Crippen molar-refractivity contribution in [3.05, 3.63) is 63.6 Å². The van der Waals surface area contributed by atoms with Gasteiger partial charge in [0, 0.05) is 16.6 Å². The maximum absolute atomic E-state index is 6.11. The summed E-state index contributed by atoms with van der Waals surface area (Å²) < 4.78 is 7.20. The first-order chi connectivity index (χ1) is 10.6. The summed E-state index contributed by atoms with van der Waals surface area (Å²) in [5, 5.41) is 3.49. The highest BCUT2D eigenvalue weighted by molar-refractivity contribution is 9.10. The molecule has 0 aliphatic heterocycles. The van der Waals surface area contributed by atoms with Gasteiger partial charge >= 0.3 is 0 Å². The van der Waals surface area contributed by atoms with E-state index in [1.54, 1.807) is 0 Å². The number of hydrogen-bond donors (Lipinski definition) is 1. The van der Waals surface area contributed by atoms with E-state index in [4.69, 9.17) is 4.74 Å². The SMILES string of the molecule is Cc1cc(Br)cc(CNCC(C)C)c1OCc1ccccc1. The normalized spacial score (nSPS) is 11.0. The van der Waals surface area contributed by atoms with Crippen molar-refractivity contribution >= 4 is 15.9 Å². The summed E-state index contributed by atoms with van der Waals surface area (Å²) in [5.41, 5.74) is 3.54. The number of halogens is 1. The first-order valence-electron chi connectivity index (χ1n) is 7.72. The van der Waals surface area contributed by atoms with Gasteiger partial charge in [-0.3, -0.25) is 0 Å². The third-order valence-corrected chi connectivity index (χ3v) is 3.87. The molecule has 0 fully saturated rings. The summed E-state index contributed by atoms with van der Waals surface area (Å²) in [7, 11) is 0.